The van der Waals surface area contributed by atoms with Gasteiger partial charge in [0, 0.05) is 17.3 Å². The number of aromatic nitrogens is 2. The molecule has 2 amide bonds. The monoisotopic (exact) mass is 384 g/mol. The number of rotatable bonds is 3. The molecule has 0 radical (unpaired) electrons. The highest BCUT2D eigenvalue weighted by molar-refractivity contribution is 6.02. The SMILES string of the molecule is Cc1[nH]nc(-c2ccc(C(C)(C)C)cc2)c1NC(=O)Nc1ccc(F)c(F)c1. The Kier molecular flexibility index (Phi) is 5.18. The van der Waals surface area contributed by atoms with E-state index in [-0.39, 0.29) is 11.1 Å². The zero-order chi connectivity index (χ0) is 20.5. The van der Waals surface area contributed by atoms with Gasteiger partial charge in [0.2, 0.25) is 0 Å². The van der Waals surface area contributed by atoms with E-state index in [1.807, 2.05) is 24.3 Å². The molecule has 0 saturated heterocycles. The molecule has 0 spiro atoms. The number of aryl methyl sites for hydroxylation is 1. The number of hydrogen-bond acceptors (Lipinski definition) is 2. The van der Waals surface area contributed by atoms with E-state index in [1.165, 1.54) is 11.6 Å². The van der Waals surface area contributed by atoms with Gasteiger partial charge in [-0.2, -0.15) is 5.10 Å². The van der Waals surface area contributed by atoms with Crippen LogP contribution in [0.3, 0.4) is 0 Å². The van der Waals surface area contributed by atoms with Gasteiger partial charge in [-0.1, -0.05) is 45.0 Å². The first kappa shape index (κ1) is 19.5. The molecule has 0 atom stereocenters. The summed E-state index contributed by atoms with van der Waals surface area (Å²) in [5.74, 6) is -2.01. The number of H-pyrrole nitrogens is 1. The highest BCUT2D eigenvalue weighted by Gasteiger charge is 2.17. The normalized spacial score (nSPS) is 11.4. The van der Waals surface area contributed by atoms with E-state index < -0.39 is 17.7 Å². The van der Waals surface area contributed by atoms with E-state index in [4.69, 9.17) is 0 Å². The number of hydrogen-bond donors (Lipinski definition) is 3. The zero-order valence-corrected chi connectivity index (χ0v) is 16.2. The van der Waals surface area contributed by atoms with Crippen molar-refractivity contribution in [2.24, 2.45) is 0 Å². The molecule has 0 unspecified atom stereocenters. The van der Waals surface area contributed by atoms with Crippen molar-refractivity contribution < 1.29 is 13.6 Å². The molecule has 146 valence electrons. The van der Waals surface area contributed by atoms with Gasteiger partial charge in [-0.25, -0.2) is 13.6 Å². The number of halogens is 2. The minimum atomic E-state index is -1.03. The number of amides is 2. The molecule has 1 aromatic heterocycles. The lowest BCUT2D eigenvalue weighted by Gasteiger charge is -2.19. The molecule has 1 heterocycles. The van der Waals surface area contributed by atoms with Crippen molar-refractivity contribution in [2.75, 3.05) is 10.6 Å². The van der Waals surface area contributed by atoms with Crippen molar-refractivity contribution in [3.05, 3.63) is 65.4 Å². The lowest BCUT2D eigenvalue weighted by atomic mass is 9.86. The number of benzene rings is 2. The second-order valence-corrected chi connectivity index (χ2v) is 7.61. The standard InChI is InChI=1S/C21H22F2N4O/c1-12-18(25-20(28)24-15-9-10-16(22)17(23)11-15)19(27-26-12)13-5-7-14(8-6-13)21(2,3)4/h5-11H,1-4H3,(H,26,27)(H2,24,25,28). The minimum absolute atomic E-state index is 0.0332. The van der Waals surface area contributed by atoms with Crippen LogP contribution in [0.4, 0.5) is 25.0 Å². The van der Waals surface area contributed by atoms with E-state index in [0.717, 1.165) is 17.7 Å². The van der Waals surface area contributed by atoms with Gasteiger partial charge in [0.25, 0.3) is 0 Å². The van der Waals surface area contributed by atoms with Gasteiger partial charge in [0.15, 0.2) is 11.6 Å². The van der Waals surface area contributed by atoms with Crippen LogP contribution in [-0.2, 0) is 5.41 Å². The molecule has 3 aromatic rings. The third-order valence-corrected chi connectivity index (χ3v) is 4.39. The smallest absolute Gasteiger partial charge is 0.308 e. The fourth-order valence-corrected chi connectivity index (χ4v) is 2.77. The molecular weight excluding hydrogens is 362 g/mol. The van der Waals surface area contributed by atoms with Crippen molar-refractivity contribution >= 4 is 17.4 Å². The number of anilines is 2. The maximum Gasteiger partial charge on any atom is 0.323 e. The maximum absolute atomic E-state index is 13.3. The van der Waals surface area contributed by atoms with E-state index in [2.05, 4.69) is 41.6 Å². The van der Waals surface area contributed by atoms with Gasteiger partial charge in [0.1, 0.15) is 5.69 Å². The summed E-state index contributed by atoms with van der Waals surface area (Å²) >= 11 is 0. The molecular formula is C21H22F2N4O. The summed E-state index contributed by atoms with van der Waals surface area (Å²) in [6, 6.07) is 10.5. The molecule has 2 aromatic carbocycles. The Morgan fingerprint density at radius 2 is 1.68 bits per heavy atom. The van der Waals surface area contributed by atoms with E-state index >= 15 is 0 Å². The van der Waals surface area contributed by atoms with Crippen LogP contribution in [0.1, 0.15) is 32.0 Å². The van der Waals surface area contributed by atoms with Gasteiger partial charge in [-0.05, 0) is 30.0 Å². The summed E-state index contributed by atoms with van der Waals surface area (Å²) in [5.41, 5.74) is 4.01. The van der Waals surface area contributed by atoms with Crippen molar-refractivity contribution in [1.82, 2.24) is 10.2 Å². The number of carbonyl (C=O) groups excluding carboxylic acids is 1. The molecule has 28 heavy (non-hydrogen) atoms. The first-order chi connectivity index (χ1) is 13.1. The fourth-order valence-electron chi connectivity index (χ4n) is 2.77. The molecule has 5 nitrogen and oxygen atoms in total. The maximum atomic E-state index is 13.3. The molecule has 3 rings (SSSR count). The zero-order valence-electron chi connectivity index (χ0n) is 16.2. The summed E-state index contributed by atoms with van der Waals surface area (Å²) in [6.45, 7) is 8.19. The molecule has 0 fully saturated rings. The Bertz CT molecular complexity index is 1000. The second kappa shape index (κ2) is 7.42. The quantitative estimate of drug-likeness (QED) is 0.550. The molecule has 3 N–H and O–H groups in total. The molecule has 0 aliphatic carbocycles. The first-order valence-electron chi connectivity index (χ1n) is 8.84. The fraction of sp³-hybridized carbons (Fsp3) is 0.238. The molecule has 0 aliphatic heterocycles. The highest BCUT2D eigenvalue weighted by Crippen LogP contribution is 2.31. The van der Waals surface area contributed by atoms with Crippen molar-refractivity contribution in [3.8, 4) is 11.3 Å². The van der Waals surface area contributed by atoms with Crippen LogP contribution in [0.25, 0.3) is 11.3 Å². The summed E-state index contributed by atoms with van der Waals surface area (Å²) in [7, 11) is 0. The summed E-state index contributed by atoms with van der Waals surface area (Å²) < 4.78 is 26.3. The van der Waals surface area contributed by atoms with Crippen LogP contribution in [-0.4, -0.2) is 16.2 Å². The first-order valence-corrected chi connectivity index (χ1v) is 8.84. The van der Waals surface area contributed by atoms with Gasteiger partial charge in [0.05, 0.1) is 11.4 Å². The number of urea groups is 1. The highest BCUT2D eigenvalue weighted by atomic mass is 19.2. The summed E-state index contributed by atoms with van der Waals surface area (Å²) in [5, 5.41) is 12.4. The molecule has 0 bridgehead atoms. The summed E-state index contributed by atoms with van der Waals surface area (Å²) in [6.07, 6.45) is 0. The van der Waals surface area contributed by atoms with Crippen LogP contribution < -0.4 is 10.6 Å². The molecule has 7 heteroatoms. The lowest BCUT2D eigenvalue weighted by molar-refractivity contribution is 0.262. The third kappa shape index (κ3) is 4.19. The van der Waals surface area contributed by atoms with Crippen molar-refractivity contribution in [3.63, 3.8) is 0 Å². The predicted molar refractivity (Wildman–Crippen MR) is 106 cm³/mol. The molecule has 0 saturated carbocycles. The Morgan fingerprint density at radius 1 is 1.00 bits per heavy atom. The summed E-state index contributed by atoms with van der Waals surface area (Å²) in [4.78, 5) is 12.3. The van der Waals surface area contributed by atoms with Crippen molar-refractivity contribution in [2.45, 2.75) is 33.1 Å². The van der Waals surface area contributed by atoms with Crippen LogP contribution in [0.2, 0.25) is 0 Å². The number of aromatic amines is 1. The van der Waals surface area contributed by atoms with E-state index in [9.17, 15) is 13.6 Å². The minimum Gasteiger partial charge on any atom is -0.308 e. The van der Waals surface area contributed by atoms with Gasteiger partial charge in [-0.3, -0.25) is 5.10 Å². The van der Waals surface area contributed by atoms with Gasteiger partial charge in [-0.15, -0.1) is 0 Å². The Labute approximate surface area is 162 Å². The van der Waals surface area contributed by atoms with Crippen LogP contribution in [0.5, 0.6) is 0 Å². The third-order valence-electron chi connectivity index (χ3n) is 4.39. The van der Waals surface area contributed by atoms with Crippen molar-refractivity contribution in [1.29, 1.82) is 0 Å². The Morgan fingerprint density at radius 3 is 2.29 bits per heavy atom. The van der Waals surface area contributed by atoms with E-state index in [0.29, 0.717) is 17.1 Å². The van der Waals surface area contributed by atoms with Crippen LogP contribution >= 0.6 is 0 Å². The van der Waals surface area contributed by atoms with Crippen LogP contribution in [0.15, 0.2) is 42.5 Å². The van der Waals surface area contributed by atoms with Crippen LogP contribution in [0, 0.1) is 18.6 Å². The number of carbonyl (C=O) groups is 1. The average Bonchev–Trinajstić information content (AvgIpc) is 2.98. The van der Waals surface area contributed by atoms with Gasteiger partial charge < -0.3 is 10.6 Å². The number of nitrogens with one attached hydrogen (secondary N) is 3. The Balaban J connectivity index is 1.81. The van der Waals surface area contributed by atoms with Gasteiger partial charge >= 0.3 is 6.03 Å². The van der Waals surface area contributed by atoms with E-state index in [1.54, 1.807) is 6.92 Å². The number of nitrogens with zero attached hydrogens (tertiary/aromatic N) is 1. The predicted octanol–water partition coefficient (Wildman–Crippen LogP) is 5.60. The Hall–Kier alpha value is -3.22. The second-order valence-electron chi connectivity index (χ2n) is 7.61. The topological polar surface area (TPSA) is 69.8 Å². The lowest BCUT2D eigenvalue weighted by Crippen LogP contribution is -2.20. The average molecular weight is 384 g/mol. The largest absolute Gasteiger partial charge is 0.323 e. The molecule has 0 aliphatic rings.